The molecule has 0 unspecified atom stereocenters. The summed E-state index contributed by atoms with van der Waals surface area (Å²) in [7, 11) is 0. The second-order valence-electron chi connectivity index (χ2n) is 7.30. The number of H-pyrrole nitrogens is 1. The summed E-state index contributed by atoms with van der Waals surface area (Å²) in [6, 6.07) is 18.6. The van der Waals surface area contributed by atoms with Crippen molar-refractivity contribution >= 4 is 10.9 Å². The van der Waals surface area contributed by atoms with Crippen LogP contribution in [0.1, 0.15) is 51.4 Å². The molecule has 0 aliphatic rings. The van der Waals surface area contributed by atoms with Gasteiger partial charge in [-0.2, -0.15) is 0 Å². The summed E-state index contributed by atoms with van der Waals surface area (Å²) in [5, 5.41) is 1.15. The van der Waals surface area contributed by atoms with Gasteiger partial charge in [-0.1, -0.05) is 62.4 Å². The number of ether oxygens (including phenoxy) is 1. The number of fused-ring (bicyclic) bond motifs is 1. The molecule has 0 spiro atoms. The van der Waals surface area contributed by atoms with E-state index in [0.717, 1.165) is 60.9 Å². The lowest BCUT2D eigenvalue weighted by molar-refractivity contribution is 0.133. The molecule has 0 bridgehead atoms. The standard InChI is InChI=1S/C24H29F2NO/c25-24(26)13-9-4-2-1-3-5-10-16-28-21-14-15-22-20(17-21)18-23(27-22)19-11-7-6-8-12-19/h6-8,11-12,14-15,17-18,24,27H,1-5,9-10,13,16H2. The smallest absolute Gasteiger partial charge is 0.238 e. The van der Waals surface area contributed by atoms with Crippen molar-refractivity contribution in [3.8, 4) is 17.0 Å². The van der Waals surface area contributed by atoms with E-state index in [-0.39, 0.29) is 6.42 Å². The summed E-state index contributed by atoms with van der Waals surface area (Å²) in [5.74, 6) is 0.901. The number of aromatic amines is 1. The highest BCUT2D eigenvalue weighted by molar-refractivity contribution is 5.86. The number of unbranched alkanes of at least 4 members (excludes halogenated alkanes) is 6. The van der Waals surface area contributed by atoms with Crippen molar-refractivity contribution < 1.29 is 13.5 Å². The fourth-order valence-electron chi connectivity index (χ4n) is 3.45. The van der Waals surface area contributed by atoms with E-state index in [9.17, 15) is 8.78 Å². The zero-order chi connectivity index (χ0) is 19.6. The van der Waals surface area contributed by atoms with Gasteiger partial charge in [0.15, 0.2) is 0 Å². The molecule has 3 rings (SSSR count). The predicted molar refractivity (Wildman–Crippen MR) is 112 cm³/mol. The van der Waals surface area contributed by atoms with Crippen LogP contribution in [0.2, 0.25) is 0 Å². The van der Waals surface area contributed by atoms with Gasteiger partial charge in [-0.15, -0.1) is 0 Å². The lowest BCUT2D eigenvalue weighted by atomic mass is 10.1. The Morgan fingerprint density at radius 1 is 0.786 bits per heavy atom. The number of rotatable bonds is 12. The first kappa shape index (κ1) is 20.4. The molecule has 0 radical (unpaired) electrons. The van der Waals surface area contributed by atoms with Crippen molar-refractivity contribution in [1.82, 2.24) is 4.98 Å². The van der Waals surface area contributed by atoms with Crippen LogP contribution in [0.3, 0.4) is 0 Å². The van der Waals surface area contributed by atoms with Crippen molar-refractivity contribution in [2.45, 2.75) is 57.8 Å². The van der Waals surface area contributed by atoms with Crippen LogP contribution in [0.25, 0.3) is 22.2 Å². The third kappa shape index (κ3) is 6.36. The van der Waals surface area contributed by atoms with Crippen LogP contribution in [0.5, 0.6) is 5.75 Å². The first-order chi connectivity index (χ1) is 13.7. The van der Waals surface area contributed by atoms with Crippen LogP contribution >= 0.6 is 0 Å². The third-order valence-corrected chi connectivity index (χ3v) is 5.01. The minimum Gasteiger partial charge on any atom is -0.494 e. The van der Waals surface area contributed by atoms with E-state index in [4.69, 9.17) is 4.74 Å². The van der Waals surface area contributed by atoms with Gasteiger partial charge < -0.3 is 9.72 Å². The van der Waals surface area contributed by atoms with E-state index in [2.05, 4.69) is 35.3 Å². The van der Waals surface area contributed by atoms with E-state index in [0.29, 0.717) is 13.0 Å². The zero-order valence-corrected chi connectivity index (χ0v) is 16.3. The van der Waals surface area contributed by atoms with Crippen LogP contribution in [-0.2, 0) is 0 Å². The predicted octanol–water partition coefficient (Wildman–Crippen LogP) is 7.60. The Kier molecular flexibility index (Phi) is 7.89. The lowest BCUT2D eigenvalue weighted by Gasteiger charge is -2.06. The van der Waals surface area contributed by atoms with Gasteiger partial charge in [0.2, 0.25) is 6.43 Å². The summed E-state index contributed by atoms with van der Waals surface area (Å²) in [4.78, 5) is 3.45. The Bertz CT molecular complexity index is 829. The van der Waals surface area contributed by atoms with Gasteiger partial charge >= 0.3 is 0 Å². The summed E-state index contributed by atoms with van der Waals surface area (Å²) in [5.41, 5.74) is 3.40. The van der Waals surface area contributed by atoms with E-state index in [1.54, 1.807) is 0 Å². The number of benzene rings is 2. The maximum atomic E-state index is 12.0. The molecule has 0 saturated carbocycles. The minimum absolute atomic E-state index is 0.0478. The Hall–Kier alpha value is -2.36. The summed E-state index contributed by atoms with van der Waals surface area (Å²) >= 11 is 0. The zero-order valence-electron chi connectivity index (χ0n) is 16.3. The number of alkyl halides is 2. The molecule has 150 valence electrons. The third-order valence-electron chi connectivity index (χ3n) is 5.01. The molecule has 28 heavy (non-hydrogen) atoms. The Labute approximate surface area is 165 Å². The van der Waals surface area contributed by atoms with Gasteiger partial charge in [0.25, 0.3) is 0 Å². The topological polar surface area (TPSA) is 25.0 Å². The molecule has 1 heterocycles. The number of halogens is 2. The molecule has 0 amide bonds. The molecular formula is C24H29F2NO. The van der Waals surface area contributed by atoms with Crippen molar-refractivity contribution in [1.29, 1.82) is 0 Å². The van der Waals surface area contributed by atoms with Gasteiger partial charge in [0.1, 0.15) is 5.75 Å². The average Bonchev–Trinajstić information content (AvgIpc) is 3.13. The molecule has 0 atom stereocenters. The van der Waals surface area contributed by atoms with Gasteiger partial charge in [-0.05, 0) is 42.7 Å². The summed E-state index contributed by atoms with van der Waals surface area (Å²) in [6.45, 7) is 0.715. The fourth-order valence-corrected chi connectivity index (χ4v) is 3.45. The van der Waals surface area contributed by atoms with Crippen LogP contribution in [0.4, 0.5) is 8.78 Å². The largest absolute Gasteiger partial charge is 0.494 e. The van der Waals surface area contributed by atoms with Crippen LogP contribution in [0.15, 0.2) is 54.6 Å². The van der Waals surface area contributed by atoms with Gasteiger partial charge in [-0.25, -0.2) is 8.78 Å². The minimum atomic E-state index is -2.15. The highest BCUT2D eigenvalue weighted by Crippen LogP contribution is 2.27. The second kappa shape index (κ2) is 10.8. The van der Waals surface area contributed by atoms with E-state index in [1.165, 1.54) is 5.56 Å². The van der Waals surface area contributed by atoms with Crippen molar-refractivity contribution in [3.63, 3.8) is 0 Å². The fraction of sp³-hybridized carbons (Fsp3) is 0.417. The van der Waals surface area contributed by atoms with Gasteiger partial charge in [0, 0.05) is 23.0 Å². The van der Waals surface area contributed by atoms with Crippen LogP contribution in [0, 0.1) is 0 Å². The molecule has 0 aliphatic heterocycles. The molecular weight excluding hydrogens is 356 g/mol. The monoisotopic (exact) mass is 385 g/mol. The van der Waals surface area contributed by atoms with Gasteiger partial charge in [-0.3, -0.25) is 0 Å². The maximum absolute atomic E-state index is 12.0. The Balaban J connectivity index is 1.36. The van der Waals surface area contributed by atoms with Crippen LogP contribution in [-0.4, -0.2) is 18.0 Å². The molecule has 3 aromatic rings. The lowest BCUT2D eigenvalue weighted by Crippen LogP contribution is -1.97. The van der Waals surface area contributed by atoms with E-state index < -0.39 is 6.43 Å². The number of hydrogen-bond acceptors (Lipinski definition) is 1. The highest BCUT2D eigenvalue weighted by Gasteiger charge is 2.05. The molecule has 0 fully saturated rings. The van der Waals surface area contributed by atoms with Crippen LogP contribution < -0.4 is 4.74 Å². The van der Waals surface area contributed by atoms with Crippen molar-refractivity contribution in [2.75, 3.05) is 6.61 Å². The first-order valence-electron chi connectivity index (χ1n) is 10.3. The van der Waals surface area contributed by atoms with Crippen molar-refractivity contribution in [3.05, 3.63) is 54.6 Å². The molecule has 0 aliphatic carbocycles. The number of nitrogens with one attached hydrogen (secondary N) is 1. The summed E-state index contributed by atoms with van der Waals surface area (Å²) < 4.78 is 30.0. The molecule has 0 saturated heterocycles. The second-order valence-corrected chi connectivity index (χ2v) is 7.30. The highest BCUT2D eigenvalue weighted by atomic mass is 19.3. The molecule has 1 N–H and O–H groups in total. The Morgan fingerprint density at radius 2 is 1.50 bits per heavy atom. The number of aromatic nitrogens is 1. The van der Waals surface area contributed by atoms with Crippen molar-refractivity contribution in [2.24, 2.45) is 0 Å². The quantitative estimate of drug-likeness (QED) is 0.319. The number of hydrogen-bond donors (Lipinski definition) is 1. The molecule has 2 nitrogen and oxygen atoms in total. The average molecular weight is 385 g/mol. The Morgan fingerprint density at radius 3 is 2.25 bits per heavy atom. The molecule has 1 aromatic heterocycles. The maximum Gasteiger partial charge on any atom is 0.238 e. The normalized spacial score (nSPS) is 11.4. The first-order valence-corrected chi connectivity index (χ1v) is 10.3. The molecule has 4 heteroatoms. The SMILES string of the molecule is FC(F)CCCCCCCCCOc1ccc2[nH]c(-c3ccccc3)cc2c1. The molecule has 2 aromatic carbocycles. The van der Waals surface area contributed by atoms with E-state index >= 15 is 0 Å². The summed E-state index contributed by atoms with van der Waals surface area (Å²) in [6.07, 6.45) is 4.95. The van der Waals surface area contributed by atoms with E-state index in [1.807, 2.05) is 24.3 Å². The van der Waals surface area contributed by atoms with Gasteiger partial charge in [0.05, 0.1) is 6.61 Å².